The minimum absolute atomic E-state index is 0.181. The number of nitrogens with one attached hydrogen (secondary N) is 2. The van der Waals surface area contributed by atoms with E-state index >= 15 is 0 Å². The van der Waals surface area contributed by atoms with E-state index in [4.69, 9.17) is 16.3 Å². The van der Waals surface area contributed by atoms with Gasteiger partial charge in [0.2, 0.25) is 0 Å². The SMILES string of the molecule is COCCNCCNc1cnn(CCN(C)C)c(=O)c1Cl. The molecule has 0 saturated carbocycles. The third kappa shape index (κ3) is 6.43. The summed E-state index contributed by atoms with van der Waals surface area (Å²) in [6.07, 6.45) is 1.59. The molecule has 0 aliphatic heterocycles. The van der Waals surface area contributed by atoms with Crippen LogP contribution in [-0.2, 0) is 11.3 Å². The largest absolute Gasteiger partial charge is 0.383 e. The van der Waals surface area contributed by atoms with Crippen molar-refractivity contribution in [3.05, 3.63) is 21.6 Å². The fourth-order valence-corrected chi connectivity index (χ4v) is 1.84. The lowest BCUT2D eigenvalue weighted by Crippen LogP contribution is -2.30. The van der Waals surface area contributed by atoms with Crippen molar-refractivity contribution in [2.75, 3.05) is 59.3 Å². The van der Waals surface area contributed by atoms with Crippen LogP contribution < -0.4 is 16.2 Å². The van der Waals surface area contributed by atoms with Gasteiger partial charge >= 0.3 is 0 Å². The van der Waals surface area contributed by atoms with Crippen LogP contribution in [0.25, 0.3) is 0 Å². The number of methoxy groups -OCH3 is 1. The van der Waals surface area contributed by atoms with Crippen molar-refractivity contribution in [1.29, 1.82) is 0 Å². The van der Waals surface area contributed by atoms with E-state index < -0.39 is 0 Å². The van der Waals surface area contributed by atoms with Crippen LogP contribution in [0.3, 0.4) is 0 Å². The first-order chi connectivity index (χ1) is 10.1. The Hall–Kier alpha value is -1.15. The Morgan fingerprint density at radius 1 is 1.38 bits per heavy atom. The van der Waals surface area contributed by atoms with Crippen molar-refractivity contribution in [2.24, 2.45) is 0 Å². The average Bonchev–Trinajstić information content (AvgIpc) is 2.45. The molecule has 21 heavy (non-hydrogen) atoms. The van der Waals surface area contributed by atoms with Gasteiger partial charge < -0.3 is 20.3 Å². The van der Waals surface area contributed by atoms with E-state index in [0.29, 0.717) is 25.4 Å². The van der Waals surface area contributed by atoms with Crippen LogP contribution in [0.2, 0.25) is 5.02 Å². The van der Waals surface area contributed by atoms with Gasteiger partial charge in [-0.1, -0.05) is 11.6 Å². The highest BCUT2D eigenvalue weighted by molar-refractivity contribution is 6.32. The van der Waals surface area contributed by atoms with Crippen molar-refractivity contribution >= 4 is 17.3 Å². The lowest BCUT2D eigenvalue weighted by atomic mass is 10.4. The maximum absolute atomic E-state index is 12.1. The smallest absolute Gasteiger partial charge is 0.287 e. The van der Waals surface area contributed by atoms with Gasteiger partial charge in [-0.05, 0) is 14.1 Å². The third-order valence-corrected chi connectivity index (χ3v) is 3.21. The summed E-state index contributed by atoms with van der Waals surface area (Å²) in [7, 11) is 5.55. The van der Waals surface area contributed by atoms with Crippen molar-refractivity contribution in [3.8, 4) is 0 Å². The Morgan fingerprint density at radius 2 is 2.14 bits per heavy atom. The Kier molecular flexibility index (Phi) is 8.29. The Balaban J connectivity index is 2.49. The second kappa shape index (κ2) is 9.73. The molecule has 0 unspecified atom stereocenters. The maximum Gasteiger partial charge on any atom is 0.287 e. The van der Waals surface area contributed by atoms with Crippen molar-refractivity contribution in [2.45, 2.75) is 6.54 Å². The number of likely N-dealkylation sites (N-methyl/N-ethyl adjacent to an activating group) is 1. The van der Waals surface area contributed by atoms with E-state index in [1.54, 1.807) is 13.3 Å². The number of hydrogen-bond donors (Lipinski definition) is 2. The number of anilines is 1. The fourth-order valence-electron chi connectivity index (χ4n) is 1.63. The monoisotopic (exact) mass is 317 g/mol. The lowest BCUT2D eigenvalue weighted by molar-refractivity contribution is 0.200. The number of nitrogens with zero attached hydrogens (tertiary/aromatic N) is 3. The molecule has 0 aliphatic carbocycles. The zero-order valence-corrected chi connectivity index (χ0v) is 13.6. The Morgan fingerprint density at radius 3 is 2.81 bits per heavy atom. The maximum atomic E-state index is 12.1. The van der Waals surface area contributed by atoms with E-state index in [9.17, 15) is 4.79 Å². The molecule has 120 valence electrons. The molecule has 0 aliphatic rings. The number of aromatic nitrogens is 2. The fraction of sp³-hybridized carbons (Fsp3) is 0.692. The number of hydrogen-bond acceptors (Lipinski definition) is 6. The molecule has 1 aromatic rings. The van der Waals surface area contributed by atoms with Gasteiger partial charge in [0, 0.05) is 33.3 Å². The van der Waals surface area contributed by atoms with Crippen LogP contribution in [-0.4, -0.2) is 68.7 Å². The first-order valence-corrected chi connectivity index (χ1v) is 7.28. The highest BCUT2D eigenvalue weighted by atomic mass is 35.5. The summed E-state index contributed by atoms with van der Waals surface area (Å²) in [5.74, 6) is 0. The first kappa shape index (κ1) is 17.9. The quantitative estimate of drug-likeness (QED) is 0.597. The molecule has 8 heteroatoms. The van der Waals surface area contributed by atoms with Gasteiger partial charge in [0.1, 0.15) is 5.02 Å². The van der Waals surface area contributed by atoms with Gasteiger partial charge in [-0.3, -0.25) is 4.79 Å². The first-order valence-electron chi connectivity index (χ1n) is 6.90. The van der Waals surface area contributed by atoms with Crippen LogP contribution in [0.5, 0.6) is 0 Å². The van der Waals surface area contributed by atoms with Crippen molar-refractivity contribution in [1.82, 2.24) is 20.0 Å². The van der Waals surface area contributed by atoms with Crippen molar-refractivity contribution in [3.63, 3.8) is 0 Å². The van der Waals surface area contributed by atoms with Gasteiger partial charge in [-0.25, -0.2) is 4.68 Å². The van der Waals surface area contributed by atoms with Crippen LogP contribution in [0.1, 0.15) is 0 Å². The summed E-state index contributed by atoms with van der Waals surface area (Å²) < 4.78 is 6.31. The van der Waals surface area contributed by atoms with Crippen LogP contribution in [0.15, 0.2) is 11.0 Å². The molecule has 0 atom stereocenters. The molecule has 7 nitrogen and oxygen atoms in total. The molecule has 0 saturated heterocycles. The molecule has 1 rings (SSSR count). The highest BCUT2D eigenvalue weighted by Gasteiger charge is 2.08. The second-order valence-electron chi connectivity index (χ2n) is 4.87. The van der Waals surface area contributed by atoms with E-state index in [1.807, 2.05) is 19.0 Å². The van der Waals surface area contributed by atoms with Crippen LogP contribution >= 0.6 is 11.6 Å². The number of halogens is 1. The average molecular weight is 318 g/mol. The minimum atomic E-state index is -0.268. The van der Waals surface area contributed by atoms with E-state index in [1.165, 1.54) is 4.68 Å². The standard InChI is InChI=1S/C13H24ClN5O2/c1-18(2)7-8-19-13(20)12(14)11(10-17-19)16-5-4-15-6-9-21-3/h10,15-16H,4-9H2,1-3H3. The zero-order chi connectivity index (χ0) is 15.7. The molecule has 0 spiro atoms. The van der Waals surface area contributed by atoms with Gasteiger partial charge in [0.15, 0.2) is 0 Å². The van der Waals surface area contributed by atoms with Crippen LogP contribution in [0, 0.1) is 0 Å². The number of ether oxygens (including phenoxy) is 1. The summed E-state index contributed by atoms with van der Waals surface area (Å²) in [5, 5.41) is 10.6. The predicted molar refractivity (Wildman–Crippen MR) is 85.3 cm³/mol. The minimum Gasteiger partial charge on any atom is -0.383 e. The summed E-state index contributed by atoms with van der Waals surface area (Å²) in [6, 6.07) is 0. The molecule has 0 fully saturated rings. The van der Waals surface area contributed by atoms with Crippen molar-refractivity contribution < 1.29 is 4.74 Å². The number of rotatable bonds is 10. The molecule has 0 bridgehead atoms. The van der Waals surface area contributed by atoms with Gasteiger partial charge in [0.25, 0.3) is 5.56 Å². The summed E-state index contributed by atoms with van der Waals surface area (Å²) in [5.41, 5.74) is 0.298. The summed E-state index contributed by atoms with van der Waals surface area (Å²) in [6.45, 7) is 4.13. The molecule has 1 heterocycles. The van der Waals surface area contributed by atoms with Gasteiger partial charge in [-0.2, -0.15) is 5.10 Å². The zero-order valence-electron chi connectivity index (χ0n) is 12.9. The second-order valence-corrected chi connectivity index (χ2v) is 5.25. The molecule has 2 N–H and O–H groups in total. The molecule has 0 radical (unpaired) electrons. The van der Waals surface area contributed by atoms with E-state index in [-0.39, 0.29) is 10.6 Å². The summed E-state index contributed by atoms with van der Waals surface area (Å²) in [4.78, 5) is 14.0. The predicted octanol–water partition coefficient (Wildman–Crippen LogP) is 0.106. The molecular formula is C13H24ClN5O2. The highest BCUT2D eigenvalue weighted by Crippen LogP contribution is 2.14. The van der Waals surface area contributed by atoms with Crippen LogP contribution in [0.4, 0.5) is 5.69 Å². The van der Waals surface area contributed by atoms with Gasteiger partial charge in [0.05, 0.1) is 25.0 Å². The summed E-state index contributed by atoms with van der Waals surface area (Å²) >= 11 is 6.09. The lowest BCUT2D eigenvalue weighted by Gasteiger charge is -2.12. The van der Waals surface area contributed by atoms with E-state index in [2.05, 4.69) is 15.7 Å². The molecule has 1 aromatic heterocycles. The normalized spacial score (nSPS) is 11.1. The molecule has 0 aromatic carbocycles. The van der Waals surface area contributed by atoms with Gasteiger partial charge in [-0.15, -0.1) is 0 Å². The molecule has 0 amide bonds. The molecular weight excluding hydrogens is 294 g/mol. The topological polar surface area (TPSA) is 71.4 Å². The van der Waals surface area contributed by atoms with E-state index in [0.717, 1.165) is 19.6 Å². The Labute approximate surface area is 130 Å². The third-order valence-electron chi connectivity index (χ3n) is 2.84. The Bertz CT molecular complexity index is 478.